The lowest BCUT2D eigenvalue weighted by Gasteiger charge is -2.29. The first-order valence-corrected chi connectivity index (χ1v) is 6.46. The average molecular weight is 279 g/mol. The number of hydrogen-bond acceptors (Lipinski definition) is 5. The van der Waals surface area contributed by atoms with Crippen molar-refractivity contribution in [2.24, 2.45) is 0 Å². The van der Waals surface area contributed by atoms with E-state index in [1.54, 1.807) is 12.1 Å². The molecule has 1 saturated heterocycles. The maximum absolute atomic E-state index is 11.6. The standard InChI is InChI=1S/C13H13NO4.C2H6.H2/c1-13(2)17-11(15)10(12(16)18-13)8-14-9-6-4-3-5-7-9;1-2;/h3-8,14H,1-2H3;1-2H3;1H. The van der Waals surface area contributed by atoms with Crippen molar-refractivity contribution in [3.8, 4) is 0 Å². The smallest absolute Gasteiger partial charge is 0.350 e. The van der Waals surface area contributed by atoms with Gasteiger partial charge in [-0.25, -0.2) is 9.59 Å². The van der Waals surface area contributed by atoms with Crippen LogP contribution in [0.5, 0.6) is 0 Å². The second kappa shape index (κ2) is 6.75. The van der Waals surface area contributed by atoms with Crippen molar-refractivity contribution in [1.82, 2.24) is 0 Å². The van der Waals surface area contributed by atoms with Gasteiger partial charge in [0.2, 0.25) is 0 Å². The molecule has 5 nitrogen and oxygen atoms in total. The number of ether oxygens (including phenoxy) is 2. The molecule has 1 aliphatic rings. The monoisotopic (exact) mass is 279 g/mol. The molecule has 1 heterocycles. The van der Waals surface area contributed by atoms with Gasteiger partial charge in [0, 0.05) is 27.2 Å². The Morgan fingerprint density at radius 1 is 1.05 bits per heavy atom. The Bertz CT molecular complexity index is 490. The SMILES string of the molecule is CC.CC1(C)OC(=O)C(=CNc2ccccc2)C(=O)O1.[HH]. The number of benzene rings is 1. The van der Waals surface area contributed by atoms with Crippen molar-refractivity contribution in [1.29, 1.82) is 0 Å². The number of esters is 2. The normalized spacial score (nSPS) is 16.3. The van der Waals surface area contributed by atoms with E-state index in [4.69, 9.17) is 9.47 Å². The number of anilines is 1. The Hall–Kier alpha value is -2.30. The van der Waals surface area contributed by atoms with Crippen LogP contribution in [0.3, 0.4) is 0 Å². The maximum Gasteiger partial charge on any atom is 0.350 e. The van der Waals surface area contributed by atoms with Gasteiger partial charge in [0.05, 0.1) is 0 Å². The largest absolute Gasteiger partial charge is 0.419 e. The minimum Gasteiger partial charge on any atom is -0.419 e. The zero-order valence-electron chi connectivity index (χ0n) is 12.1. The van der Waals surface area contributed by atoms with Crippen LogP contribution >= 0.6 is 0 Å². The summed E-state index contributed by atoms with van der Waals surface area (Å²) in [5.41, 5.74) is 0.605. The molecule has 1 aromatic rings. The lowest BCUT2D eigenvalue weighted by molar-refractivity contribution is -0.222. The topological polar surface area (TPSA) is 64.6 Å². The second-order valence-electron chi connectivity index (χ2n) is 4.25. The summed E-state index contributed by atoms with van der Waals surface area (Å²) in [6.07, 6.45) is 1.29. The molecule has 0 radical (unpaired) electrons. The van der Waals surface area contributed by atoms with Crippen LogP contribution in [0.25, 0.3) is 0 Å². The van der Waals surface area contributed by atoms with Gasteiger partial charge in [-0.1, -0.05) is 32.0 Å². The molecular formula is C15H21NO4. The van der Waals surface area contributed by atoms with Gasteiger partial charge in [-0.05, 0) is 12.1 Å². The molecular weight excluding hydrogens is 258 g/mol. The predicted octanol–water partition coefficient (Wildman–Crippen LogP) is 3.09. The van der Waals surface area contributed by atoms with E-state index in [1.165, 1.54) is 20.0 Å². The Morgan fingerprint density at radius 3 is 2.05 bits per heavy atom. The van der Waals surface area contributed by atoms with E-state index in [2.05, 4.69) is 5.32 Å². The number of nitrogens with one attached hydrogen (secondary N) is 1. The molecule has 110 valence electrons. The molecule has 1 N–H and O–H groups in total. The fraction of sp³-hybridized carbons (Fsp3) is 0.333. The number of rotatable bonds is 2. The third-order valence-corrected chi connectivity index (χ3v) is 2.27. The number of cyclic esters (lactones) is 2. The molecule has 1 aromatic carbocycles. The summed E-state index contributed by atoms with van der Waals surface area (Å²) in [6, 6.07) is 9.15. The van der Waals surface area contributed by atoms with Gasteiger partial charge >= 0.3 is 11.9 Å². The molecule has 1 fully saturated rings. The van der Waals surface area contributed by atoms with Crippen molar-refractivity contribution in [3.63, 3.8) is 0 Å². The molecule has 0 bridgehead atoms. The third kappa shape index (κ3) is 4.12. The summed E-state index contributed by atoms with van der Waals surface area (Å²) in [4.78, 5) is 23.2. The predicted molar refractivity (Wildman–Crippen MR) is 77.9 cm³/mol. The Kier molecular flexibility index (Phi) is 5.32. The van der Waals surface area contributed by atoms with E-state index >= 15 is 0 Å². The number of carbonyl (C=O) groups is 2. The van der Waals surface area contributed by atoms with E-state index in [9.17, 15) is 9.59 Å². The fourth-order valence-corrected chi connectivity index (χ4v) is 1.47. The van der Waals surface area contributed by atoms with Crippen LogP contribution in [0, 0.1) is 0 Å². The lowest BCUT2D eigenvalue weighted by Crippen LogP contribution is -2.42. The minimum atomic E-state index is -1.21. The van der Waals surface area contributed by atoms with Crippen molar-refractivity contribution in [2.75, 3.05) is 5.32 Å². The van der Waals surface area contributed by atoms with E-state index in [0.717, 1.165) is 5.69 Å². The molecule has 5 heteroatoms. The van der Waals surface area contributed by atoms with Gasteiger partial charge in [0.15, 0.2) is 5.57 Å². The summed E-state index contributed by atoms with van der Waals surface area (Å²) >= 11 is 0. The first kappa shape index (κ1) is 15.8. The summed E-state index contributed by atoms with van der Waals surface area (Å²) in [6.45, 7) is 7.01. The van der Waals surface area contributed by atoms with E-state index < -0.39 is 17.7 Å². The Labute approximate surface area is 120 Å². The maximum atomic E-state index is 11.6. The zero-order valence-corrected chi connectivity index (χ0v) is 12.1. The number of para-hydroxylation sites is 1. The molecule has 0 saturated carbocycles. The van der Waals surface area contributed by atoms with Crippen LogP contribution < -0.4 is 5.32 Å². The van der Waals surface area contributed by atoms with Gasteiger partial charge in [-0.15, -0.1) is 0 Å². The highest BCUT2D eigenvalue weighted by atomic mass is 16.7. The quantitative estimate of drug-likeness (QED) is 0.512. The fourth-order valence-electron chi connectivity index (χ4n) is 1.47. The van der Waals surface area contributed by atoms with Crippen LogP contribution in [0.4, 0.5) is 5.69 Å². The van der Waals surface area contributed by atoms with Gasteiger partial charge in [0.1, 0.15) is 0 Å². The molecule has 0 atom stereocenters. The third-order valence-electron chi connectivity index (χ3n) is 2.27. The summed E-state index contributed by atoms with van der Waals surface area (Å²) in [5.74, 6) is -2.60. The highest BCUT2D eigenvalue weighted by Gasteiger charge is 2.38. The van der Waals surface area contributed by atoms with Gasteiger partial charge in [-0.2, -0.15) is 0 Å². The second-order valence-corrected chi connectivity index (χ2v) is 4.25. The van der Waals surface area contributed by atoms with Gasteiger partial charge in [-0.3, -0.25) is 0 Å². The Morgan fingerprint density at radius 2 is 1.55 bits per heavy atom. The van der Waals surface area contributed by atoms with Crippen molar-refractivity contribution in [3.05, 3.63) is 42.1 Å². The molecule has 1 aliphatic heterocycles. The van der Waals surface area contributed by atoms with Crippen LogP contribution in [-0.2, 0) is 19.1 Å². The highest BCUT2D eigenvalue weighted by Crippen LogP contribution is 2.22. The van der Waals surface area contributed by atoms with Crippen LogP contribution in [0.2, 0.25) is 0 Å². The summed E-state index contributed by atoms with van der Waals surface area (Å²) in [5, 5.41) is 2.84. The van der Waals surface area contributed by atoms with Crippen LogP contribution in [0.1, 0.15) is 29.1 Å². The summed E-state index contributed by atoms with van der Waals surface area (Å²) < 4.78 is 9.91. The zero-order chi connectivity index (χ0) is 15.2. The van der Waals surface area contributed by atoms with Crippen LogP contribution in [0.15, 0.2) is 42.1 Å². The molecule has 0 unspecified atom stereocenters. The molecule has 0 amide bonds. The van der Waals surface area contributed by atoms with E-state index in [1.807, 2.05) is 32.0 Å². The first-order valence-electron chi connectivity index (χ1n) is 6.46. The van der Waals surface area contributed by atoms with Gasteiger partial charge < -0.3 is 14.8 Å². The molecule has 2 rings (SSSR count). The molecule has 0 aliphatic carbocycles. The Balaban J connectivity index is 0.00000128. The molecule has 0 spiro atoms. The van der Waals surface area contributed by atoms with Crippen molar-refractivity contribution < 1.29 is 20.5 Å². The van der Waals surface area contributed by atoms with Crippen molar-refractivity contribution >= 4 is 17.6 Å². The van der Waals surface area contributed by atoms with Gasteiger partial charge in [0.25, 0.3) is 5.79 Å². The molecule has 0 aromatic heterocycles. The molecule has 20 heavy (non-hydrogen) atoms. The van der Waals surface area contributed by atoms with E-state index in [0.29, 0.717) is 0 Å². The van der Waals surface area contributed by atoms with Crippen molar-refractivity contribution in [2.45, 2.75) is 33.5 Å². The minimum absolute atomic E-state index is 0. The number of hydrogen-bond donors (Lipinski definition) is 1. The lowest BCUT2D eigenvalue weighted by atomic mass is 10.2. The summed E-state index contributed by atoms with van der Waals surface area (Å²) in [7, 11) is 0. The average Bonchev–Trinajstić information content (AvgIpc) is 2.40. The number of carbonyl (C=O) groups excluding carboxylic acids is 2. The highest BCUT2D eigenvalue weighted by molar-refractivity contribution is 6.15. The first-order chi connectivity index (χ1) is 9.48. The van der Waals surface area contributed by atoms with Crippen LogP contribution in [-0.4, -0.2) is 17.7 Å². The van der Waals surface area contributed by atoms with E-state index in [-0.39, 0.29) is 7.00 Å².